The second-order valence-electron chi connectivity index (χ2n) is 4.24. The maximum Gasteiger partial charge on any atom is 0.125 e. The van der Waals surface area contributed by atoms with Crippen LogP contribution in [0.3, 0.4) is 0 Å². The SMILES string of the molecule is C[C@@H](O)c1ccccc1OCc1ccc(Cl)cc1Cl. The van der Waals surface area contributed by atoms with Crippen molar-refractivity contribution in [3.63, 3.8) is 0 Å². The summed E-state index contributed by atoms with van der Waals surface area (Å²) in [6.07, 6.45) is -0.572. The van der Waals surface area contributed by atoms with E-state index in [1.54, 1.807) is 19.1 Å². The fraction of sp³-hybridized carbons (Fsp3) is 0.200. The summed E-state index contributed by atoms with van der Waals surface area (Å²) < 4.78 is 5.72. The van der Waals surface area contributed by atoms with E-state index in [0.717, 1.165) is 11.1 Å². The summed E-state index contributed by atoms with van der Waals surface area (Å²) in [4.78, 5) is 0. The molecule has 0 saturated heterocycles. The van der Waals surface area contributed by atoms with Crippen molar-refractivity contribution in [1.82, 2.24) is 0 Å². The van der Waals surface area contributed by atoms with Gasteiger partial charge in [-0.05, 0) is 25.1 Å². The average Bonchev–Trinajstić information content (AvgIpc) is 2.38. The van der Waals surface area contributed by atoms with Gasteiger partial charge in [0.25, 0.3) is 0 Å². The maximum absolute atomic E-state index is 9.67. The lowest BCUT2D eigenvalue weighted by atomic mass is 10.1. The molecule has 0 heterocycles. The number of aliphatic hydroxyl groups is 1. The summed E-state index contributed by atoms with van der Waals surface area (Å²) >= 11 is 11.9. The van der Waals surface area contributed by atoms with Gasteiger partial charge in [-0.1, -0.05) is 47.5 Å². The van der Waals surface area contributed by atoms with E-state index in [4.69, 9.17) is 27.9 Å². The monoisotopic (exact) mass is 296 g/mol. The minimum absolute atomic E-state index is 0.333. The standard InChI is InChI=1S/C15H14Cl2O2/c1-10(18)13-4-2-3-5-15(13)19-9-11-6-7-12(16)8-14(11)17/h2-8,10,18H,9H2,1H3/t10-/m1/s1. The third-order valence-corrected chi connectivity index (χ3v) is 3.35. The third-order valence-electron chi connectivity index (χ3n) is 2.77. The molecule has 2 aromatic rings. The van der Waals surface area contributed by atoms with Crippen molar-refractivity contribution in [3.05, 3.63) is 63.6 Å². The van der Waals surface area contributed by atoms with Gasteiger partial charge in [-0.15, -0.1) is 0 Å². The molecule has 0 unspecified atom stereocenters. The summed E-state index contributed by atoms with van der Waals surface area (Å²) in [5.74, 6) is 0.656. The number of hydrogen-bond donors (Lipinski definition) is 1. The van der Waals surface area contributed by atoms with E-state index in [1.807, 2.05) is 30.3 Å². The Balaban J connectivity index is 2.14. The van der Waals surface area contributed by atoms with Crippen molar-refractivity contribution >= 4 is 23.2 Å². The van der Waals surface area contributed by atoms with Gasteiger partial charge in [0.05, 0.1) is 6.10 Å². The zero-order chi connectivity index (χ0) is 13.8. The van der Waals surface area contributed by atoms with E-state index >= 15 is 0 Å². The predicted molar refractivity (Wildman–Crippen MR) is 77.9 cm³/mol. The largest absolute Gasteiger partial charge is 0.488 e. The second-order valence-corrected chi connectivity index (χ2v) is 5.08. The molecule has 0 aliphatic heterocycles. The molecular formula is C15H14Cl2O2. The molecule has 19 heavy (non-hydrogen) atoms. The molecule has 1 N–H and O–H groups in total. The first-order chi connectivity index (χ1) is 9.08. The molecule has 4 heteroatoms. The van der Waals surface area contributed by atoms with Gasteiger partial charge in [0.15, 0.2) is 0 Å². The van der Waals surface area contributed by atoms with E-state index in [0.29, 0.717) is 22.4 Å². The predicted octanol–water partition coefficient (Wildman–Crippen LogP) is 4.63. The zero-order valence-electron chi connectivity index (χ0n) is 10.4. The van der Waals surface area contributed by atoms with Crippen molar-refractivity contribution in [2.24, 2.45) is 0 Å². The smallest absolute Gasteiger partial charge is 0.125 e. The molecular weight excluding hydrogens is 283 g/mol. The van der Waals surface area contributed by atoms with Crippen LogP contribution in [0.4, 0.5) is 0 Å². The Labute approximate surface area is 122 Å². The second kappa shape index (κ2) is 6.29. The normalized spacial score (nSPS) is 12.2. The zero-order valence-corrected chi connectivity index (χ0v) is 11.9. The Kier molecular flexibility index (Phi) is 4.70. The highest BCUT2D eigenvalue weighted by molar-refractivity contribution is 6.35. The van der Waals surface area contributed by atoms with Crippen LogP contribution in [0.1, 0.15) is 24.2 Å². The van der Waals surface area contributed by atoms with E-state index in [-0.39, 0.29) is 0 Å². The van der Waals surface area contributed by atoms with E-state index in [9.17, 15) is 5.11 Å². The third kappa shape index (κ3) is 3.63. The molecule has 0 amide bonds. The Bertz CT molecular complexity index is 568. The Morgan fingerprint density at radius 2 is 1.89 bits per heavy atom. The Hall–Kier alpha value is -1.22. The average molecular weight is 297 g/mol. The molecule has 1 atom stereocenters. The van der Waals surface area contributed by atoms with Crippen LogP contribution in [-0.2, 0) is 6.61 Å². The lowest BCUT2D eigenvalue weighted by Gasteiger charge is -2.13. The molecule has 2 rings (SSSR count). The first-order valence-electron chi connectivity index (χ1n) is 5.91. The summed E-state index contributed by atoms with van der Waals surface area (Å²) in [5, 5.41) is 10.8. The van der Waals surface area contributed by atoms with E-state index < -0.39 is 6.10 Å². The number of halogens is 2. The summed E-state index contributed by atoms with van der Waals surface area (Å²) in [5.41, 5.74) is 1.61. The van der Waals surface area contributed by atoms with Crippen molar-refractivity contribution in [3.8, 4) is 5.75 Å². The quantitative estimate of drug-likeness (QED) is 0.891. The van der Waals surface area contributed by atoms with Gasteiger partial charge in [0, 0.05) is 21.2 Å². The Morgan fingerprint density at radius 1 is 1.16 bits per heavy atom. The number of rotatable bonds is 4. The van der Waals surface area contributed by atoms with Crippen molar-refractivity contribution in [2.75, 3.05) is 0 Å². The van der Waals surface area contributed by atoms with Gasteiger partial charge in [-0.25, -0.2) is 0 Å². The minimum Gasteiger partial charge on any atom is -0.488 e. The summed E-state index contributed by atoms with van der Waals surface area (Å²) in [7, 11) is 0. The van der Waals surface area contributed by atoms with Crippen LogP contribution in [0.5, 0.6) is 5.75 Å². The van der Waals surface area contributed by atoms with Gasteiger partial charge in [0.1, 0.15) is 12.4 Å². The van der Waals surface area contributed by atoms with Gasteiger partial charge in [-0.3, -0.25) is 0 Å². The topological polar surface area (TPSA) is 29.5 Å². The molecule has 0 saturated carbocycles. The van der Waals surface area contributed by atoms with Gasteiger partial charge in [-0.2, -0.15) is 0 Å². The molecule has 0 aromatic heterocycles. The highest BCUT2D eigenvalue weighted by Crippen LogP contribution is 2.27. The molecule has 2 nitrogen and oxygen atoms in total. The van der Waals surface area contributed by atoms with Crippen molar-refractivity contribution in [1.29, 1.82) is 0 Å². The number of ether oxygens (including phenoxy) is 1. The molecule has 100 valence electrons. The number of para-hydroxylation sites is 1. The first-order valence-corrected chi connectivity index (χ1v) is 6.67. The molecule has 0 aliphatic rings. The van der Waals surface area contributed by atoms with Crippen molar-refractivity contribution < 1.29 is 9.84 Å². The summed E-state index contributed by atoms with van der Waals surface area (Å²) in [6, 6.07) is 12.7. The van der Waals surface area contributed by atoms with Crippen LogP contribution in [-0.4, -0.2) is 5.11 Å². The van der Waals surface area contributed by atoms with Gasteiger partial charge in [0.2, 0.25) is 0 Å². The van der Waals surface area contributed by atoms with Crippen LogP contribution < -0.4 is 4.74 Å². The maximum atomic E-state index is 9.67. The van der Waals surface area contributed by atoms with Crippen LogP contribution in [0, 0.1) is 0 Å². The van der Waals surface area contributed by atoms with Crippen molar-refractivity contribution in [2.45, 2.75) is 19.6 Å². The minimum atomic E-state index is -0.572. The summed E-state index contributed by atoms with van der Waals surface area (Å²) in [6.45, 7) is 2.04. The molecule has 0 radical (unpaired) electrons. The molecule has 0 spiro atoms. The molecule has 2 aromatic carbocycles. The highest BCUT2D eigenvalue weighted by Gasteiger charge is 2.09. The van der Waals surface area contributed by atoms with E-state index in [2.05, 4.69) is 0 Å². The van der Waals surface area contributed by atoms with Gasteiger partial charge >= 0.3 is 0 Å². The number of benzene rings is 2. The fourth-order valence-corrected chi connectivity index (χ4v) is 2.21. The highest BCUT2D eigenvalue weighted by atomic mass is 35.5. The fourth-order valence-electron chi connectivity index (χ4n) is 1.75. The molecule has 0 aliphatic carbocycles. The lowest BCUT2D eigenvalue weighted by Crippen LogP contribution is -2.01. The molecule has 0 bridgehead atoms. The Morgan fingerprint density at radius 3 is 2.58 bits per heavy atom. The van der Waals surface area contributed by atoms with Crippen LogP contribution in [0.2, 0.25) is 10.0 Å². The van der Waals surface area contributed by atoms with Crippen LogP contribution in [0.25, 0.3) is 0 Å². The number of hydrogen-bond acceptors (Lipinski definition) is 2. The van der Waals surface area contributed by atoms with Gasteiger partial charge < -0.3 is 9.84 Å². The van der Waals surface area contributed by atoms with Crippen LogP contribution >= 0.6 is 23.2 Å². The van der Waals surface area contributed by atoms with E-state index in [1.165, 1.54) is 0 Å². The first kappa shape index (κ1) is 14.2. The lowest BCUT2D eigenvalue weighted by molar-refractivity contribution is 0.190. The molecule has 0 fully saturated rings. The number of aliphatic hydroxyl groups excluding tert-OH is 1. The van der Waals surface area contributed by atoms with Crippen LogP contribution in [0.15, 0.2) is 42.5 Å².